The van der Waals surface area contributed by atoms with Crippen molar-refractivity contribution in [1.29, 1.82) is 0 Å². The summed E-state index contributed by atoms with van der Waals surface area (Å²) in [6, 6.07) is 0.885. The molecule has 1 aromatic heterocycles. The molecule has 28 heavy (non-hydrogen) atoms. The number of carboxylic acids is 1. The van der Waals surface area contributed by atoms with E-state index in [-0.39, 0.29) is 34.6 Å². The number of nitrogens with zero attached hydrogens (tertiary/aromatic N) is 2. The molecule has 2 N–H and O–H groups in total. The molecule has 1 saturated carbocycles. The van der Waals surface area contributed by atoms with Crippen LogP contribution in [0, 0.1) is 17.6 Å². The molecule has 150 valence electrons. The van der Waals surface area contributed by atoms with Gasteiger partial charge in [0.25, 0.3) is 0 Å². The van der Waals surface area contributed by atoms with Gasteiger partial charge < -0.3 is 19.9 Å². The van der Waals surface area contributed by atoms with E-state index in [0.29, 0.717) is 6.54 Å². The summed E-state index contributed by atoms with van der Waals surface area (Å²) < 4.78 is 31.9. The molecule has 0 amide bonds. The number of anilines is 1. The lowest BCUT2D eigenvalue weighted by molar-refractivity contribution is 0.0695. The predicted octanol–water partition coefficient (Wildman–Crippen LogP) is 2.75. The molecule has 6 nitrogen and oxygen atoms in total. The monoisotopic (exact) mass is 391 g/mol. The molecule has 1 aliphatic carbocycles. The van der Waals surface area contributed by atoms with Gasteiger partial charge in [0.05, 0.1) is 10.9 Å². The van der Waals surface area contributed by atoms with Crippen LogP contribution >= 0.6 is 0 Å². The zero-order valence-corrected chi connectivity index (χ0v) is 15.8. The van der Waals surface area contributed by atoms with E-state index < -0.39 is 28.6 Å². The van der Waals surface area contributed by atoms with E-state index in [9.17, 15) is 19.1 Å². The minimum Gasteiger partial charge on any atom is -0.477 e. The first kappa shape index (κ1) is 18.9. The molecule has 2 aliphatic rings. The van der Waals surface area contributed by atoms with Gasteiger partial charge in [-0.05, 0) is 32.4 Å². The number of aromatic nitrogens is 1. The van der Waals surface area contributed by atoms with Crippen molar-refractivity contribution in [1.82, 2.24) is 9.88 Å². The SMILES string of the molecule is CCNC[C@@H]1CN(c2c(F)cc3c(=O)c(C(=O)O)cn(C4CC4)c3c2F)[C@H]1C. The van der Waals surface area contributed by atoms with E-state index in [1.807, 2.05) is 13.8 Å². The van der Waals surface area contributed by atoms with Crippen molar-refractivity contribution in [2.75, 3.05) is 24.5 Å². The zero-order chi connectivity index (χ0) is 20.2. The van der Waals surface area contributed by atoms with Gasteiger partial charge in [-0.1, -0.05) is 6.92 Å². The molecule has 0 spiro atoms. The van der Waals surface area contributed by atoms with Gasteiger partial charge in [0.2, 0.25) is 5.43 Å². The number of nitrogens with one attached hydrogen (secondary N) is 1. The van der Waals surface area contributed by atoms with Crippen LogP contribution in [0.2, 0.25) is 0 Å². The van der Waals surface area contributed by atoms with Gasteiger partial charge in [-0.3, -0.25) is 4.79 Å². The maximum absolute atomic E-state index is 15.5. The molecule has 4 rings (SSSR count). The first-order valence-corrected chi connectivity index (χ1v) is 9.62. The van der Waals surface area contributed by atoms with Gasteiger partial charge in [0.1, 0.15) is 17.1 Å². The molecule has 2 heterocycles. The Bertz CT molecular complexity index is 1020. The standard InChI is InChI=1S/C20H23F2N3O3/c1-3-23-7-11-8-24(10(11)2)18-15(21)6-13-17(16(18)22)25(12-4-5-12)9-14(19(13)26)20(27)28/h6,9-12,23H,3-5,7-8H2,1-2H3,(H,27,28)/t10-,11+/m0/s1. The van der Waals surface area contributed by atoms with Crippen molar-refractivity contribution < 1.29 is 18.7 Å². The molecule has 1 aliphatic heterocycles. The number of rotatable bonds is 6. The summed E-state index contributed by atoms with van der Waals surface area (Å²) in [5.74, 6) is -2.73. The maximum atomic E-state index is 15.5. The second-order valence-corrected chi connectivity index (χ2v) is 7.69. The van der Waals surface area contributed by atoms with Crippen LogP contribution in [-0.4, -0.2) is 41.3 Å². The highest BCUT2D eigenvalue weighted by Gasteiger charge is 2.39. The quantitative estimate of drug-likeness (QED) is 0.792. The fraction of sp³-hybridized carbons (Fsp3) is 0.500. The first-order valence-electron chi connectivity index (χ1n) is 9.62. The molecule has 0 bridgehead atoms. The Morgan fingerprint density at radius 2 is 2.07 bits per heavy atom. The van der Waals surface area contributed by atoms with E-state index in [1.165, 1.54) is 10.8 Å². The third-order valence-electron chi connectivity index (χ3n) is 5.90. The lowest BCUT2D eigenvalue weighted by Crippen LogP contribution is -2.58. The molecule has 2 atom stereocenters. The molecule has 2 aromatic rings. The van der Waals surface area contributed by atoms with Gasteiger partial charge in [0.15, 0.2) is 5.82 Å². The number of pyridine rings is 1. The Morgan fingerprint density at radius 3 is 2.64 bits per heavy atom. The van der Waals surface area contributed by atoms with Crippen molar-refractivity contribution >= 4 is 22.6 Å². The average Bonchev–Trinajstić information content (AvgIpc) is 3.48. The minimum absolute atomic E-state index is 0.00349. The molecule has 2 fully saturated rings. The van der Waals surface area contributed by atoms with Gasteiger partial charge >= 0.3 is 5.97 Å². The average molecular weight is 391 g/mol. The van der Waals surface area contributed by atoms with Crippen molar-refractivity contribution in [3.8, 4) is 0 Å². The summed E-state index contributed by atoms with van der Waals surface area (Å²) in [4.78, 5) is 25.6. The summed E-state index contributed by atoms with van der Waals surface area (Å²) in [6.07, 6.45) is 2.74. The van der Waals surface area contributed by atoms with Gasteiger partial charge in [-0.2, -0.15) is 0 Å². The second kappa shape index (κ2) is 6.84. The Kier molecular flexibility index (Phi) is 4.61. The molecular formula is C20H23F2N3O3. The Morgan fingerprint density at radius 1 is 1.36 bits per heavy atom. The maximum Gasteiger partial charge on any atom is 0.341 e. The van der Waals surface area contributed by atoms with Crippen LogP contribution in [0.3, 0.4) is 0 Å². The molecule has 8 heteroatoms. The number of carboxylic acid groups (broad SMARTS) is 1. The topological polar surface area (TPSA) is 74.6 Å². The van der Waals surface area contributed by atoms with Crippen LogP contribution in [0.1, 0.15) is 43.1 Å². The molecule has 0 radical (unpaired) electrons. The smallest absolute Gasteiger partial charge is 0.341 e. The van der Waals surface area contributed by atoms with E-state index in [2.05, 4.69) is 5.32 Å². The van der Waals surface area contributed by atoms with Crippen LogP contribution in [0.15, 0.2) is 17.1 Å². The first-order chi connectivity index (χ1) is 13.3. The zero-order valence-electron chi connectivity index (χ0n) is 15.8. The number of halogens is 2. The van der Waals surface area contributed by atoms with E-state index >= 15 is 4.39 Å². The fourth-order valence-electron chi connectivity index (χ4n) is 4.04. The number of carbonyl (C=O) groups is 1. The molecule has 1 aromatic carbocycles. The Balaban J connectivity index is 1.85. The van der Waals surface area contributed by atoms with Gasteiger partial charge in [-0.25, -0.2) is 13.6 Å². The number of hydrogen-bond acceptors (Lipinski definition) is 4. The second-order valence-electron chi connectivity index (χ2n) is 7.69. The third kappa shape index (κ3) is 2.87. The summed E-state index contributed by atoms with van der Waals surface area (Å²) in [7, 11) is 0. The number of benzene rings is 1. The van der Waals surface area contributed by atoms with Crippen molar-refractivity contribution in [3.63, 3.8) is 0 Å². The van der Waals surface area contributed by atoms with Crippen LogP contribution < -0.4 is 15.6 Å². The largest absolute Gasteiger partial charge is 0.477 e. The van der Waals surface area contributed by atoms with Crippen LogP contribution in [0.5, 0.6) is 0 Å². The highest BCUT2D eigenvalue weighted by molar-refractivity contribution is 5.94. The lowest BCUT2D eigenvalue weighted by Gasteiger charge is -2.48. The summed E-state index contributed by atoms with van der Waals surface area (Å²) in [5, 5.41) is 12.3. The molecule has 1 saturated heterocycles. The van der Waals surface area contributed by atoms with Crippen molar-refractivity contribution in [2.24, 2.45) is 5.92 Å². The van der Waals surface area contributed by atoms with E-state index in [1.54, 1.807) is 4.90 Å². The highest BCUT2D eigenvalue weighted by Crippen LogP contribution is 2.41. The third-order valence-corrected chi connectivity index (χ3v) is 5.90. The highest BCUT2D eigenvalue weighted by atomic mass is 19.1. The van der Waals surface area contributed by atoms with Crippen LogP contribution in [-0.2, 0) is 0 Å². The molecule has 0 unspecified atom stereocenters. The Labute approximate surface area is 160 Å². The normalized spacial score (nSPS) is 21.8. The number of hydrogen-bond donors (Lipinski definition) is 2. The minimum atomic E-state index is -1.39. The van der Waals surface area contributed by atoms with Crippen molar-refractivity contribution in [2.45, 2.75) is 38.8 Å². The van der Waals surface area contributed by atoms with Gasteiger partial charge in [-0.15, -0.1) is 0 Å². The number of fused-ring (bicyclic) bond motifs is 1. The summed E-state index contributed by atoms with van der Waals surface area (Å²) in [6.45, 7) is 6.07. The summed E-state index contributed by atoms with van der Waals surface area (Å²) in [5.41, 5.74) is -1.46. The fourth-order valence-corrected chi connectivity index (χ4v) is 4.04. The van der Waals surface area contributed by atoms with E-state index in [0.717, 1.165) is 32.0 Å². The predicted molar refractivity (Wildman–Crippen MR) is 102 cm³/mol. The Hall–Kier alpha value is -2.48. The van der Waals surface area contributed by atoms with Gasteiger partial charge in [0, 0.05) is 37.3 Å². The van der Waals surface area contributed by atoms with Crippen molar-refractivity contribution in [3.05, 3.63) is 39.7 Å². The van der Waals surface area contributed by atoms with E-state index in [4.69, 9.17) is 0 Å². The number of aromatic carboxylic acids is 1. The summed E-state index contributed by atoms with van der Waals surface area (Å²) >= 11 is 0. The molecular weight excluding hydrogens is 368 g/mol. The van der Waals surface area contributed by atoms with Crippen LogP contribution in [0.4, 0.5) is 14.5 Å². The lowest BCUT2D eigenvalue weighted by atomic mass is 9.88. The van der Waals surface area contributed by atoms with Crippen LogP contribution in [0.25, 0.3) is 10.9 Å².